The maximum atomic E-state index is 4.32. The number of benzene rings is 1. The van der Waals surface area contributed by atoms with Crippen LogP contribution >= 0.6 is 11.8 Å². The highest BCUT2D eigenvalue weighted by molar-refractivity contribution is 7.99. The van der Waals surface area contributed by atoms with E-state index < -0.39 is 0 Å². The number of anilines is 1. The van der Waals surface area contributed by atoms with Crippen molar-refractivity contribution in [3.63, 3.8) is 0 Å². The van der Waals surface area contributed by atoms with Gasteiger partial charge in [0.1, 0.15) is 0 Å². The monoisotopic (exact) mass is 317 g/mol. The molecule has 6 nitrogen and oxygen atoms in total. The number of thioether (sulfide) groups is 1. The van der Waals surface area contributed by atoms with Gasteiger partial charge in [0.05, 0.1) is 19.8 Å². The van der Waals surface area contributed by atoms with Crippen LogP contribution in [0, 0.1) is 6.92 Å². The van der Waals surface area contributed by atoms with Gasteiger partial charge in [-0.1, -0.05) is 5.11 Å². The summed E-state index contributed by atoms with van der Waals surface area (Å²) in [5.41, 5.74) is 2.12. The van der Waals surface area contributed by atoms with Gasteiger partial charge < -0.3 is 4.90 Å². The van der Waals surface area contributed by atoms with Crippen molar-refractivity contribution in [2.45, 2.75) is 6.92 Å². The molecule has 0 radical (unpaired) electrons. The molecule has 1 fully saturated rings. The minimum Gasteiger partial charge on any atom is -0.370 e. The first kappa shape index (κ1) is 15.0. The predicted molar refractivity (Wildman–Crippen MR) is 89.3 cm³/mol. The highest BCUT2D eigenvalue weighted by atomic mass is 32.2. The second-order valence-electron chi connectivity index (χ2n) is 5.35. The molecule has 1 aliphatic rings. The number of rotatable bonds is 3. The van der Waals surface area contributed by atoms with Crippen LogP contribution in [0.3, 0.4) is 0 Å². The maximum Gasteiger partial charge on any atom is 0.403 e. The second kappa shape index (κ2) is 6.48. The Bertz CT molecular complexity index is 670. The molecule has 0 amide bonds. The number of nitrogens with zero attached hydrogens (tertiary/aromatic N) is 6. The van der Waals surface area contributed by atoms with Crippen LogP contribution in [-0.2, 0) is 14.1 Å². The molecule has 0 atom stereocenters. The standard InChI is InChI=1S/C15H21N6S/c1-12-18-20(3)15(19(12)2)17-16-13-4-6-14(7-5-13)21-8-10-22-11-9-21/h4-7H,8-11H2,1-3H3/q+1. The summed E-state index contributed by atoms with van der Waals surface area (Å²) in [7, 11) is 3.81. The van der Waals surface area contributed by atoms with Crippen LogP contribution in [0.4, 0.5) is 17.3 Å². The van der Waals surface area contributed by atoms with E-state index in [9.17, 15) is 0 Å². The number of azo groups is 1. The lowest BCUT2D eigenvalue weighted by Crippen LogP contribution is -2.32. The van der Waals surface area contributed by atoms with E-state index in [4.69, 9.17) is 0 Å². The Morgan fingerprint density at radius 3 is 2.41 bits per heavy atom. The third-order valence-corrected chi connectivity index (χ3v) is 4.79. The van der Waals surface area contributed by atoms with E-state index in [-0.39, 0.29) is 0 Å². The molecule has 2 aromatic rings. The van der Waals surface area contributed by atoms with Gasteiger partial charge in [0, 0.05) is 42.3 Å². The van der Waals surface area contributed by atoms with Crippen LogP contribution in [0.1, 0.15) is 5.82 Å². The Morgan fingerprint density at radius 1 is 1.14 bits per heavy atom. The van der Waals surface area contributed by atoms with Crippen molar-refractivity contribution in [2.24, 2.45) is 24.3 Å². The fraction of sp³-hybridized carbons (Fsp3) is 0.467. The number of aromatic nitrogens is 3. The summed E-state index contributed by atoms with van der Waals surface area (Å²) >= 11 is 2.02. The molecule has 22 heavy (non-hydrogen) atoms. The smallest absolute Gasteiger partial charge is 0.370 e. The van der Waals surface area contributed by atoms with E-state index >= 15 is 0 Å². The lowest BCUT2D eigenvalue weighted by Gasteiger charge is -2.28. The molecule has 1 aromatic carbocycles. The van der Waals surface area contributed by atoms with Crippen molar-refractivity contribution in [1.29, 1.82) is 0 Å². The normalized spacial score (nSPS) is 15.7. The number of aryl methyl sites for hydroxylation is 2. The predicted octanol–water partition coefficient (Wildman–Crippen LogP) is 2.52. The minimum atomic E-state index is 0.731. The Kier molecular flexibility index (Phi) is 4.42. The highest BCUT2D eigenvalue weighted by Gasteiger charge is 2.16. The summed E-state index contributed by atoms with van der Waals surface area (Å²) < 4.78 is 3.65. The first-order valence-corrected chi connectivity index (χ1v) is 8.55. The van der Waals surface area contributed by atoms with Crippen LogP contribution < -0.4 is 9.47 Å². The summed E-state index contributed by atoms with van der Waals surface area (Å²) in [5, 5.41) is 12.9. The molecular formula is C15H21N6S+. The Balaban J connectivity index is 1.74. The number of hydrogen-bond acceptors (Lipinski definition) is 5. The molecule has 116 valence electrons. The molecule has 0 spiro atoms. The van der Waals surface area contributed by atoms with Gasteiger partial charge in [-0.25, -0.2) is 4.57 Å². The van der Waals surface area contributed by atoms with Crippen LogP contribution in [0.15, 0.2) is 34.5 Å². The lowest BCUT2D eigenvalue weighted by atomic mass is 10.2. The summed E-state index contributed by atoms with van der Waals surface area (Å²) in [5.74, 6) is 4.06. The first-order valence-electron chi connectivity index (χ1n) is 7.39. The summed E-state index contributed by atoms with van der Waals surface area (Å²) in [6, 6.07) is 8.28. The van der Waals surface area contributed by atoms with Crippen molar-refractivity contribution in [3.8, 4) is 0 Å². The molecular weight excluding hydrogens is 296 g/mol. The lowest BCUT2D eigenvalue weighted by molar-refractivity contribution is -0.665. The second-order valence-corrected chi connectivity index (χ2v) is 6.57. The summed E-state index contributed by atoms with van der Waals surface area (Å²) in [6.45, 7) is 4.19. The van der Waals surface area contributed by atoms with Crippen molar-refractivity contribution < 1.29 is 4.57 Å². The third kappa shape index (κ3) is 3.14. The van der Waals surface area contributed by atoms with E-state index in [0.717, 1.165) is 30.5 Å². The summed E-state index contributed by atoms with van der Waals surface area (Å²) in [6.07, 6.45) is 0. The highest BCUT2D eigenvalue weighted by Crippen LogP contribution is 2.23. The van der Waals surface area contributed by atoms with E-state index in [1.807, 2.05) is 49.5 Å². The van der Waals surface area contributed by atoms with Crippen molar-refractivity contribution in [1.82, 2.24) is 9.78 Å². The molecule has 1 aromatic heterocycles. The van der Waals surface area contributed by atoms with Gasteiger partial charge in [-0.05, 0) is 29.4 Å². The van der Waals surface area contributed by atoms with Gasteiger partial charge in [-0.15, -0.1) is 4.68 Å². The van der Waals surface area contributed by atoms with Crippen LogP contribution in [0.25, 0.3) is 0 Å². The van der Waals surface area contributed by atoms with E-state index in [2.05, 4.69) is 32.4 Å². The molecule has 0 aliphatic carbocycles. The van der Waals surface area contributed by atoms with Gasteiger partial charge in [0.15, 0.2) is 0 Å². The molecule has 0 bridgehead atoms. The summed E-state index contributed by atoms with van der Waals surface area (Å²) in [4.78, 5) is 2.42. The first-order chi connectivity index (χ1) is 10.6. The Morgan fingerprint density at radius 2 is 1.82 bits per heavy atom. The molecule has 1 aliphatic heterocycles. The molecule has 2 heterocycles. The van der Waals surface area contributed by atoms with Crippen LogP contribution in [0.5, 0.6) is 0 Å². The quantitative estimate of drug-likeness (QED) is 0.645. The third-order valence-electron chi connectivity index (χ3n) is 3.85. The minimum absolute atomic E-state index is 0.731. The van der Waals surface area contributed by atoms with Gasteiger partial charge in [0.25, 0.3) is 0 Å². The molecule has 0 unspecified atom stereocenters. The number of hydrogen-bond donors (Lipinski definition) is 0. The fourth-order valence-electron chi connectivity index (χ4n) is 2.48. The van der Waals surface area contributed by atoms with Crippen LogP contribution in [0.2, 0.25) is 0 Å². The zero-order chi connectivity index (χ0) is 15.5. The van der Waals surface area contributed by atoms with Gasteiger partial charge in [0.2, 0.25) is 5.82 Å². The van der Waals surface area contributed by atoms with Gasteiger partial charge >= 0.3 is 5.95 Å². The largest absolute Gasteiger partial charge is 0.403 e. The average molecular weight is 317 g/mol. The zero-order valence-electron chi connectivity index (χ0n) is 13.2. The topological polar surface area (TPSA) is 49.7 Å². The SMILES string of the molecule is Cc1nn(C)c(N=Nc2ccc(N3CCSCC3)cc2)[n+]1C. The molecule has 7 heteroatoms. The molecule has 0 saturated carbocycles. The van der Waals surface area contributed by atoms with Crippen molar-refractivity contribution in [2.75, 3.05) is 29.5 Å². The van der Waals surface area contributed by atoms with Crippen LogP contribution in [-0.4, -0.2) is 34.4 Å². The van der Waals surface area contributed by atoms with E-state index in [1.54, 1.807) is 4.68 Å². The zero-order valence-corrected chi connectivity index (χ0v) is 14.0. The molecule has 3 rings (SSSR count). The average Bonchev–Trinajstić information content (AvgIpc) is 2.79. The fourth-order valence-corrected chi connectivity index (χ4v) is 3.38. The van der Waals surface area contributed by atoms with Gasteiger partial charge in [-0.2, -0.15) is 11.8 Å². The molecule has 0 N–H and O–H groups in total. The Labute approximate surface area is 134 Å². The van der Waals surface area contributed by atoms with E-state index in [1.165, 1.54) is 17.2 Å². The van der Waals surface area contributed by atoms with Crippen molar-refractivity contribution >= 4 is 29.1 Å². The Hall–Kier alpha value is -1.89. The molecule has 1 saturated heterocycles. The van der Waals surface area contributed by atoms with E-state index in [0.29, 0.717) is 0 Å². The van der Waals surface area contributed by atoms with Crippen molar-refractivity contribution in [3.05, 3.63) is 30.1 Å². The maximum absolute atomic E-state index is 4.32. The van der Waals surface area contributed by atoms with Gasteiger partial charge in [-0.3, -0.25) is 0 Å².